The third-order valence-corrected chi connectivity index (χ3v) is 3.12. The molecule has 0 saturated carbocycles. The predicted molar refractivity (Wildman–Crippen MR) is 70.0 cm³/mol. The first kappa shape index (κ1) is 13.2. The van der Waals surface area contributed by atoms with Crippen molar-refractivity contribution in [2.45, 2.75) is 25.7 Å². The topological polar surface area (TPSA) is 56.3 Å². The van der Waals surface area contributed by atoms with Crippen LogP contribution < -0.4 is 5.32 Å². The minimum atomic E-state index is 0.625. The average Bonchev–Trinajstić information content (AvgIpc) is 2.85. The number of methoxy groups -OCH3 is 1. The molecule has 0 unspecified atom stereocenters. The summed E-state index contributed by atoms with van der Waals surface area (Å²) in [6, 6.07) is 0. The number of anilines is 1. The van der Waals surface area contributed by atoms with Crippen LogP contribution in [0.2, 0.25) is 0 Å². The molecule has 5 nitrogen and oxygen atoms in total. The predicted octanol–water partition coefficient (Wildman–Crippen LogP) is 1.21. The lowest BCUT2D eigenvalue weighted by Crippen LogP contribution is -2.10. The molecule has 0 atom stereocenters. The summed E-state index contributed by atoms with van der Waals surface area (Å²) in [6.45, 7) is 1.90. The quantitative estimate of drug-likeness (QED) is 0.738. The number of hydrogen-bond donors (Lipinski definition) is 1. The summed E-state index contributed by atoms with van der Waals surface area (Å²) < 4.78 is 10.4. The van der Waals surface area contributed by atoms with E-state index in [4.69, 9.17) is 9.47 Å². The van der Waals surface area contributed by atoms with E-state index in [0.717, 1.165) is 30.9 Å². The van der Waals surface area contributed by atoms with Gasteiger partial charge in [-0.25, -0.2) is 9.97 Å². The molecule has 0 aliphatic heterocycles. The molecular formula is C13H21N3O2. The molecule has 1 N–H and O–H groups in total. The first-order chi connectivity index (χ1) is 8.85. The van der Waals surface area contributed by atoms with Gasteiger partial charge in [-0.2, -0.15) is 0 Å². The number of fused-ring (bicyclic) bond motifs is 1. The Morgan fingerprint density at radius 1 is 1.17 bits per heavy atom. The number of ether oxygens (including phenoxy) is 2. The zero-order chi connectivity index (χ0) is 12.8. The zero-order valence-corrected chi connectivity index (χ0v) is 11.2. The van der Waals surface area contributed by atoms with Gasteiger partial charge in [0.25, 0.3) is 0 Å². The Kier molecular flexibility index (Phi) is 4.90. The van der Waals surface area contributed by atoms with Gasteiger partial charge in [0.05, 0.1) is 19.8 Å². The molecular weight excluding hydrogens is 230 g/mol. The Bertz CT molecular complexity index is 396. The molecule has 0 radical (unpaired) electrons. The fourth-order valence-electron chi connectivity index (χ4n) is 2.21. The molecule has 0 fully saturated rings. The lowest BCUT2D eigenvalue weighted by molar-refractivity contribution is 0.0716. The SMILES string of the molecule is CNc1nc(CCOCCOC)nc2c1CCC2. The maximum absolute atomic E-state index is 5.45. The molecule has 0 aromatic carbocycles. The molecule has 5 heteroatoms. The highest BCUT2D eigenvalue weighted by atomic mass is 16.5. The standard InChI is InChI=1S/C13H21N3O2/c1-14-13-10-4-3-5-11(10)15-12(16-13)6-7-18-9-8-17-2/h3-9H2,1-2H3,(H,14,15,16). The average molecular weight is 251 g/mol. The zero-order valence-electron chi connectivity index (χ0n) is 11.2. The molecule has 100 valence electrons. The monoisotopic (exact) mass is 251 g/mol. The van der Waals surface area contributed by atoms with Crippen molar-refractivity contribution in [3.8, 4) is 0 Å². The van der Waals surface area contributed by atoms with Gasteiger partial charge in [0.15, 0.2) is 0 Å². The summed E-state index contributed by atoms with van der Waals surface area (Å²) in [7, 11) is 3.59. The van der Waals surface area contributed by atoms with Gasteiger partial charge in [0.2, 0.25) is 0 Å². The smallest absolute Gasteiger partial charge is 0.133 e. The molecule has 1 aliphatic carbocycles. The van der Waals surface area contributed by atoms with Crippen LogP contribution in [0, 0.1) is 0 Å². The Labute approximate surface area is 108 Å². The van der Waals surface area contributed by atoms with Crippen LogP contribution in [0.3, 0.4) is 0 Å². The van der Waals surface area contributed by atoms with Crippen LogP contribution in [-0.2, 0) is 28.7 Å². The summed E-state index contributed by atoms with van der Waals surface area (Å²) >= 11 is 0. The molecule has 0 saturated heterocycles. The van der Waals surface area contributed by atoms with E-state index in [1.54, 1.807) is 7.11 Å². The van der Waals surface area contributed by atoms with Crippen LogP contribution >= 0.6 is 0 Å². The van der Waals surface area contributed by atoms with Gasteiger partial charge in [-0.05, 0) is 19.3 Å². The first-order valence-electron chi connectivity index (χ1n) is 6.48. The van der Waals surface area contributed by atoms with Gasteiger partial charge in [0, 0.05) is 31.8 Å². The van der Waals surface area contributed by atoms with Crippen LogP contribution in [-0.4, -0.2) is 43.9 Å². The van der Waals surface area contributed by atoms with Crippen molar-refractivity contribution in [3.63, 3.8) is 0 Å². The normalized spacial score (nSPS) is 13.7. The van der Waals surface area contributed by atoms with Crippen molar-refractivity contribution in [1.29, 1.82) is 0 Å². The largest absolute Gasteiger partial charge is 0.382 e. The van der Waals surface area contributed by atoms with E-state index < -0.39 is 0 Å². The maximum atomic E-state index is 5.45. The molecule has 0 bridgehead atoms. The van der Waals surface area contributed by atoms with Crippen molar-refractivity contribution in [2.24, 2.45) is 0 Å². The number of aromatic nitrogens is 2. The van der Waals surface area contributed by atoms with Crippen molar-refractivity contribution >= 4 is 5.82 Å². The Morgan fingerprint density at radius 2 is 2.06 bits per heavy atom. The maximum Gasteiger partial charge on any atom is 0.133 e. The highest BCUT2D eigenvalue weighted by Crippen LogP contribution is 2.25. The van der Waals surface area contributed by atoms with Crippen molar-refractivity contribution < 1.29 is 9.47 Å². The molecule has 1 aliphatic rings. The van der Waals surface area contributed by atoms with E-state index in [0.29, 0.717) is 19.8 Å². The van der Waals surface area contributed by atoms with E-state index in [1.807, 2.05) is 7.05 Å². The molecule has 1 aromatic heterocycles. The fourth-order valence-corrected chi connectivity index (χ4v) is 2.21. The van der Waals surface area contributed by atoms with E-state index in [1.165, 1.54) is 17.7 Å². The van der Waals surface area contributed by atoms with Gasteiger partial charge in [-0.15, -0.1) is 0 Å². The molecule has 1 heterocycles. The molecule has 2 rings (SSSR count). The van der Waals surface area contributed by atoms with Gasteiger partial charge >= 0.3 is 0 Å². The van der Waals surface area contributed by atoms with Crippen LogP contribution in [0.25, 0.3) is 0 Å². The Hall–Kier alpha value is -1.20. The van der Waals surface area contributed by atoms with E-state index >= 15 is 0 Å². The van der Waals surface area contributed by atoms with Gasteiger partial charge in [-0.1, -0.05) is 0 Å². The molecule has 0 spiro atoms. The molecule has 0 amide bonds. The van der Waals surface area contributed by atoms with E-state index in [2.05, 4.69) is 15.3 Å². The lowest BCUT2D eigenvalue weighted by Gasteiger charge is -2.09. The number of nitrogens with zero attached hydrogens (tertiary/aromatic N) is 2. The Balaban J connectivity index is 1.93. The first-order valence-corrected chi connectivity index (χ1v) is 6.48. The van der Waals surface area contributed by atoms with Crippen LogP contribution in [0.4, 0.5) is 5.82 Å². The summed E-state index contributed by atoms with van der Waals surface area (Å²) in [5.41, 5.74) is 2.50. The number of aryl methyl sites for hydroxylation is 1. The summed E-state index contributed by atoms with van der Waals surface area (Å²) in [5, 5.41) is 3.17. The number of hydrogen-bond acceptors (Lipinski definition) is 5. The van der Waals surface area contributed by atoms with E-state index in [9.17, 15) is 0 Å². The van der Waals surface area contributed by atoms with Gasteiger partial charge < -0.3 is 14.8 Å². The van der Waals surface area contributed by atoms with Gasteiger partial charge in [0.1, 0.15) is 11.6 Å². The Morgan fingerprint density at radius 3 is 2.83 bits per heavy atom. The number of nitrogens with one attached hydrogen (secondary N) is 1. The number of rotatable bonds is 7. The van der Waals surface area contributed by atoms with Crippen LogP contribution in [0.5, 0.6) is 0 Å². The van der Waals surface area contributed by atoms with Crippen LogP contribution in [0.1, 0.15) is 23.5 Å². The van der Waals surface area contributed by atoms with Crippen molar-refractivity contribution in [1.82, 2.24) is 9.97 Å². The summed E-state index contributed by atoms with van der Waals surface area (Å²) in [5.74, 6) is 1.86. The third kappa shape index (κ3) is 3.17. The second kappa shape index (κ2) is 6.66. The fraction of sp³-hybridized carbons (Fsp3) is 0.692. The minimum Gasteiger partial charge on any atom is -0.382 e. The molecule has 18 heavy (non-hydrogen) atoms. The van der Waals surface area contributed by atoms with E-state index in [-0.39, 0.29) is 0 Å². The lowest BCUT2D eigenvalue weighted by atomic mass is 10.2. The second-order valence-electron chi connectivity index (χ2n) is 4.37. The van der Waals surface area contributed by atoms with Crippen LogP contribution in [0.15, 0.2) is 0 Å². The highest BCUT2D eigenvalue weighted by molar-refractivity contribution is 5.48. The van der Waals surface area contributed by atoms with Crippen molar-refractivity contribution in [2.75, 3.05) is 39.3 Å². The third-order valence-electron chi connectivity index (χ3n) is 3.12. The summed E-state index contributed by atoms with van der Waals surface area (Å²) in [4.78, 5) is 9.16. The molecule has 1 aromatic rings. The van der Waals surface area contributed by atoms with Gasteiger partial charge in [-0.3, -0.25) is 0 Å². The second-order valence-corrected chi connectivity index (χ2v) is 4.37. The van der Waals surface area contributed by atoms with Crippen molar-refractivity contribution in [3.05, 3.63) is 17.1 Å². The minimum absolute atomic E-state index is 0.625. The summed E-state index contributed by atoms with van der Waals surface area (Å²) in [6.07, 6.45) is 4.11. The highest BCUT2D eigenvalue weighted by Gasteiger charge is 2.18.